The molecule has 0 fully saturated rings. The van der Waals surface area contributed by atoms with Crippen LogP contribution in [0.5, 0.6) is 0 Å². The molecule has 1 aliphatic heterocycles. The largest absolute Gasteiger partial charge is 0.323 e. The standard InChI is InChI=1S/C22H24N2O2S/c1-15(2)18-14-23-22(21(18)17-10-6-5-7-11-17)24(16(3)4)19-12-8-9-13-20(19)27(23,25)26/h5-16H,1-4H3. The maximum atomic E-state index is 13.4. The second kappa shape index (κ2) is 6.27. The lowest BCUT2D eigenvalue weighted by atomic mass is 9.96. The van der Waals surface area contributed by atoms with Crippen LogP contribution in [-0.4, -0.2) is 18.4 Å². The second-order valence-corrected chi connectivity index (χ2v) is 9.32. The Hall–Kier alpha value is -2.53. The Morgan fingerprint density at radius 1 is 0.852 bits per heavy atom. The van der Waals surface area contributed by atoms with Gasteiger partial charge in [-0.2, -0.15) is 0 Å². The minimum Gasteiger partial charge on any atom is -0.323 e. The smallest absolute Gasteiger partial charge is 0.271 e. The molecule has 2 aromatic carbocycles. The van der Waals surface area contributed by atoms with E-state index in [1.54, 1.807) is 12.1 Å². The zero-order valence-corrected chi connectivity index (χ0v) is 16.9. The number of rotatable bonds is 3. The Kier molecular flexibility index (Phi) is 4.15. The zero-order valence-electron chi connectivity index (χ0n) is 16.0. The quantitative estimate of drug-likeness (QED) is 0.613. The highest BCUT2D eigenvalue weighted by atomic mass is 32.2. The van der Waals surface area contributed by atoms with Gasteiger partial charge in [-0.3, -0.25) is 0 Å². The molecule has 0 unspecified atom stereocenters. The average Bonchev–Trinajstić information content (AvgIpc) is 3.04. The number of nitrogens with zero attached hydrogens (tertiary/aromatic N) is 2. The third-order valence-corrected chi connectivity index (χ3v) is 6.77. The van der Waals surface area contributed by atoms with Crippen molar-refractivity contribution in [3.05, 3.63) is 66.4 Å². The summed E-state index contributed by atoms with van der Waals surface area (Å²) in [4.78, 5) is 2.50. The Bertz CT molecular complexity index is 1100. The summed E-state index contributed by atoms with van der Waals surface area (Å²) in [5.41, 5.74) is 3.82. The highest BCUT2D eigenvalue weighted by molar-refractivity contribution is 7.90. The first kappa shape index (κ1) is 17.9. The lowest BCUT2D eigenvalue weighted by molar-refractivity contribution is 0.582. The van der Waals surface area contributed by atoms with Gasteiger partial charge in [-0.25, -0.2) is 12.4 Å². The molecule has 4 rings (SSSR count). The molecule has 0 bridgehead atoms. The van der Waals surface area contributed by atoms with Gasteiger partial charge >= 0.3 is 0 Å². The van der Waals surface area contributed by atoms with Gasteiger partial charge in [0.25, 0.3) is 10.0 Å². The van der Waals surface area contributed by atoms with Crippen LogP contribution in [0.25, 0.3) is 11.1 Å². The van der Waals surface area contributed by atoms with E-state index in [-0.39, 0.29) is 12.0 Å². The minimum absolute atomic E-state index is 0.109. The summed E-state index contributed by atoms with van der Waals surface area (Å²) in [6.45, 7) is 8.40. The highest BCUT2D eigenvalue weighted by Crippen LogP contribution is 2.48. The van der Waals surface area contributed by atoms with E-state index < -0.39 is 10.0 Å². The lowest BCUT2D eigenvalue weighted by Gasteiger charge is -2.36. The molecule has 0 saturated carbocycles. The molecule has 0 amide bonds. The van der Waals surface area contributed by atoms with Crippen LogP contribution in [0.15, 0.2) is 65.7 Å². The highest BCUT2D eigenvalue weighted by Gasteiger charge is 2.38. The third kappa shape index (κ3) is 2.60. The molecule has 0 saturated heterocycles. The van der Waals surface area contributed by atoms with Crippen molar-refractivity contribution in [1.29, 1.82) is 0 Å². The maximum absolute atomic E-state index is 13.4. The Morgan fingerprint density at radius 2 is 1.48 bits per heavy atom. The monoisotopic (exact) mass is 380 g/mol. The van der Waals surface area contributed by atoms with Gasteiger partial charge in [0.1, 0.15) is 10.7 Å². The maximum Gasteiger partial charge on any atom is 0.271 e. The van der Waals surface area contributed by atoms with Gasteiger partial charge < -0.3 is 4.90 Å². The molecule has 140 valence electrons. The summed E-state index contributed by atoms with van der Waals surface area (Å²) in [6, 6.07) is 17.4. The molecule has 4 nitrogen and oxygen atoms in total. The van der Waals surface area contributed by atoms with Crippen LogP contribution in [0.3, 0.4) is 0 Å². The van der Waals surface area contributed by atoms with Crippen molar-refractivity contribution in [2.75, 3.05) is 4.90 Å². The number of para-hydroxylation sites is 1. The molecule has 5 heteroatoms. The first-order chi connectivity index (χ1) is 12.8. The summed E-state index contributed by atoms with van der Waals surface area (Å²) in [5, 5.41) is 0. The first-order valence-corrected chi connectivity index (χ1v) is 10.7. The van der Waals surface area contributed by atoms with Crippen molar-refractivity contribution >= 4 is 21.5 Å². The number of anilines is 2. The number of fused-ring (bicyclic) bond motifs is 2. The van der Waals surface area contributed by atoms with Crippen molar-refractivity contribution in [1.82, 2.24) is 3.97 Å². The second-order valence-electron chi connectivity index (χ2n) is 7.54. The minimum atomic E-state index is -3.64. The molecular formula is C22H24N2O2S. The summed E-state index contributed by atoms with van der Waals surface area (Å²) in [5.74, 6) is 0.934. The van der Waals surface area contributed by atoms with E-state index in [9.17, 15) is 8.42 Å². The normalized spacial score (nSPS) is 15.1. The first-order valence-electron chi connectivity index (χ1n) is 9.28. The van der Waals surface area contributed by atoms with Gasteiger partial charge in [-0.15, -0.1) is 0 Å². The van der Waals surface area contributed by atoms with Crippen LogP contribution in [0.4, 0.5) is 11.5 Å². The molecule has 1 aromatic heterocycles. The van der Waals surface area contributed by atoms with Gasteiger partial charge in [0, 0.05) is 17.8 Å². The Morgan fingerprint density at radius 3 is 2.11 bits per heavy atom. The molecular weight excluding hydrogens is 356 g/mol. The van der Waals surface area contributed by atoms with Crippen molar-refractivity contribution in [2.24, 2.45) is 0 Å². The summed E-state index contributed by atoms with van der Waals surface area (Å²) >= 11 is 0. The summed E-state index contributed by atoms with van der Waals surface area (Å²) in [6.07, 6.45) is 1.81. The van der Waals surface area contributed by atoms with Crippen LogP contribution in [0.2, 0.25) is 0 Å². The molecule has 0 N–H and O–H groups in total. The fourth-order valence-corrected chi connectivity index (χ4v) is 5.41. The van der Waals surface area contributed by atoms with E-state index in [1.807, 2.05) is 48.7 Å². The summed E-state index contributed by atoms with van der Waals surface area (Å²) < 4.78 is 28.3. The van der Waals surface area contributed by atoms with Crippen LogP contribution in [0.1, 0.15) is 39.2 Å². The number of aromatic nitrogens is 1. The molecule has 0 radical (unpaired) electrons. The van der Waals surface area contributed by atoms with E-state index in [0.717, 1.165) is 28.2 Å². The van der Waals surface area contributed by atoms with Gasteiger partial charge in [0.05, 0.1) is 5.69 Å². The van der Waals surface area contributed by atoms with Crippen LogP contribution in [-0.2, 0) is 10.0 Å². The number of hydrogen-bond acceptors (Lipinski definition) is 3. The predicted molar refractivity (Wildman–Crippen MR) is 110 cm³/mol. The molecule has 0 spiro atoms. The predicted octanol–water partition coefficient (Wildman–Crippen LogP) is 5.38. The third-order valence-electron chi connectivity index (χ3n) is 5.07. The Labute approximate surface area is 161 Å². The zero-order chi connectivity index (χ0) is 19.3. The molecule has 0 aliphatic carbocycles. The van der Waals surface area contributed by atoms with Crippen molar-refractivity contribution in [3.8, 4) is 11.1 Å². The van der Waals surface area contributed by atoms with E-state index in [0.29, 0.717) is 4.90 Å². The lowest BCUT2D eigenvalue weighted by Crippen LogP contribution is -2.35. The van der Waals surface area contributed by atoms with E-state index in [4.69, 9.17) is 0 Å². The van der Waals surface area contributed by atoms with Gasteiger partial charge in [-0.1, -0.05) is 56.3 Å². The van der Waals surface area contributed by atoms with E-state index in [1.165, 1.54) is 3.97 Å². The number of hydrogen-bond donors (Lipinski definition) is 0. The average molecular weight is 381 g/mol. The van der Waals surface area contributed by atoms with Crippen molar-refractivity contribution in [2.45, 2.75) is 44.6 Å². The van der Waals surface area contributed by atoms with Crippen molar-refractivity contribution in [3.63, 3.8) is 0 Å². The molecule has 0 atom stereocenters. The SMILES string of the molecule is CC(C)c1cn2c(c1-c1ccccc1)N(C(C)C)c1ccccc1S2(=O)=O. The summed E-state index contributed by atoms with van der Waals surface area (Å²) in [7, 11) is -3.64. The Balaban J connectivity index is 2.14. The molecule has 2 heterocycles. The topological polar surface area (TPSA) is 42.3 Å². The fraction of sp³-hybridized carbons (Fsp3) is 0.273. The number of benzene rings is 2. The van der Waals surface area contributed by atoms with Gasteiger partial charge in [0.2, 0.25) is 0 Å². The van der Waals surface area contributed by atoms with Crippen LogP contribution >= 0.6 is 0 Å². The molecule has 1 aliphatic rings. The fourth-order valence-electron chi connectivity index (χ4n) is 3.86. The van der Waals surface area contributed by atoms with Gasteiger partial charge in [-0.05, 0) is 43.0 Å². The molecule has 3 aromatic rings. The van der Waals surface area contributed by atoms with Crippen LogP contribution < -0.4 is 4.90 Å². The van der Waals surface area contributed by atoms with Crippen molar-refractivity contribution < 1.29 is 8.42 Å². The molecule has 27 heavy (non-hydrogen) atoms. The van der Waals surface area contributed by atoms with E-state index >= 15 is 0 Å². The van der Waals surface area contributed by atoms with Crippen LogP contribution in [0, 0.1) is 0 Å². The van der Waals surface area contributed by atoms with E-state index in [2.05, 4.69) is 32.6 Å². The van der Waals surface area contributed by atoms with Gasteiger partial charge in [0.15, 0.2) is 0 Å².